The number of carboxylic acids is 1. The van der Waals surface area contributed by atoms with E-state index in [1.807, 2.05) is 49.4 Å². The number of hydrogen-bond acceptors (Lipinski definition) is 3. The average molecular weight is 341 g/mol. The molecule has 132 valence electrons. The summed E-state index contributed by atoms with van der Waals surface area (Å²) in [5.74, 6) is -1.16. The summed E-state index contributed by atoms with van der Waals surface area (Å²) >= 11 is 0. The molecule has 0 radical (unpaired) electrons. The van der Waals surface area contributed by atoms with Crippen LogP contribution in [0.4, 0.5) is 0 Å². The van der Waals surface area contributed by atoms with Gasteiger partial charge in [-0.25, -0.2) is 0 Å². The quantitative estimate of drug-likeness (QED) is 0.774. The van der Waals surface area contributed by atoms with Gasteiger partial charge in [-0.05, 0) is 30.5 Å². The van der Waals surface area contributed by atoms with Crippen LogP contribution < -0.4 is 10.1 Å². The van der Waals surface area contributed by atoms with Crippen molar-refractivity contribution in [1.82, 2.24) is 5.32 Å². The fourth-order valence-corrected chi connectivity index (χ4v) is 2.67. The lowest BCUT2D eigenvalue weighted by Crippen LogP contribution is -2.35. The second-order valence-corrected chi connectivity index (χ2v) is 5.96. The Morgan fingerprint density at radius 2 is 1.72 bits per heavy atom. The number of hydrogen-bond donors (Lipinski definition) is 2. The Kier molecular flexibility index (Phi) is 6.57. The van der Waals surface area contributed by atoms with E-state index in [9.17, 15) is 14.7 Å². The average Bonchev–Trinajstić information content (AvgIpc) is 2.60. The molecule has 2 N–H and O–H groups in total. The van der Waals surface area contributed by atoms with Crippen LogP contribution in [0.5, 0.6) is 5.75 Å². The van der Waals surface area contributed by atoms with Crippen LogP contribution in [0.1, 0.15) is 16.7 Å². The number of carbonyl (C=O) groups is 2. The molecule has 0 heterocycles. The van der Waals surface area contributed by atoms with Crippen molar-refractivity contribution >= 4 is 11.9 Å². The molecule has 2 aromatic rings. The Bertz CT molecular complexity index is 742. The van der Waals surface area contributed by atoms with E-state index >= 15 is 0 Å². The standard InChI is InChI=1S/C20H23NO4/c1-14-7-3-4-8-15(14)11-17(20(23)24)13-21-19(22)12-16-9-5-6-10-18(16)25-2/h3-10,17H,11-13H2,1-2H3,(H,21,22)(H,23,24)/t17-/m1/s1. The number of aliphatic carboxylic acids is 1. The number of amides is 1. The summed E-state index contributed by atoms with van der Waals surface area (Å²) in [5, 5.41) is 12.2. The summed E-state index contributed by atoms with van der Waals surface area (Å²) in [6, 6.07) is 15.0. The van der Waals surface area contributed by atoms with Gasteiger partial charge in [0.05, 0.1) is 19.4 Å². The van der Waals surface area contributed by atoms with Crippen LogP contribution in [-0.2, 0) is 22.4 Å². The normalized spacial score (nSPS) is 11.6. The van der Waals surface area contributed by atoms with E-state index in [4.69, 9.17) is 4.74 Å². The van der Waals surface area contributed by atoms with Crippen molar-refractivity contribution in [2.75, 3.05) is 13.7 Å². The minimum Gasteiger partial charge on any atom is -0.496 e. The third-order valence-corrected chi connectivity index (χ3v) is 4.17. The number of para-hydroxylation sites is 1. The van der Waals surface area contributed by atoms with Gasteiger partial charge < -0.3 is 15.2 Å². The Balaban J connectivity index is 1.95. The van der Waals surface area contributed by atoms with Crippen molar-refractivity contribution in [2.24, 2.45) is 5.92 Å². The minimum absolute atomic E-state index is 0.0949. The van der Waals surface area contributed by atoms with E-state index in [0.29, 0.717) is 12.2 Å². The zero-order valence-corrected chi connectivity index (χ0v) is 14.5. The fraction of sp³-hybridized carbons (Fsp3) is 0.300. The van der Waals surface area contributed by atoms with Crippen molar-refractivity contribution < 1.29 is 19.4 Å². The number of ether oxygens (including phenoxy) is 1. The van der Waals surface area contributed by atoms with Crippen LogP contribution in [0.25, 0.3) is 0 Å². The molecule has 1 amide bonds. The SMILES string of the molecule is COc1ccccc1CC(=O)NC[C@@H](Cc1ccccc1C)C(=O)O. The predicted molar refractivity (Wildman–Crippen MR) is 95.7 cm³/mol. The van der Waals surface area contributed by atoms with Crippen molar-refractivity contribution in [2.45, 2.75) is 19.8 Å². The third-order valence-electron chi connectivity index (χ3n) is 4.17. The second-order valence-electron chi connectivity index (χ2n) is 5.96. The first-order valence-electron chi connectivity index (χ1n) is 8.17. The molecule has 5 nitrogen and oxygen atoms in total. The van der Waals surface area contributed by atoms with Gasteiger partial charge in [0.25, 0.3) is 0 Å². The molecule has 0 aromatic heterocycles. The number of aryl methyl sites for hydroxylation is 1. The van der Waals surface area contributed by atoms with Crippen molar-refractivity contribution in [3.8, 4) is 5.75 Å². The molecule has 0 unspecified atom stereocenters. The van der Waals surface area contributed by atoms with E-state index < -0.39 is 11.9 Å². The van der Waals surface area contributed by atoms with Crippen molar-refractivity contribution in [3.63, 3.8) is 0 Å². The van der Waals surface area contributed by atoms with Crippen LogP contribution >= 0.6 is 0 Å². The van der Waals surface area contributed by atoms with Crippen LogP contribution in [0.2, 0.25) is 0 Å². The van der Waals surface area contributed by atoms with E-state index in [0.717, 1.165) is 16.7 Å². The number of carboxylic acid groups (broad SMARTS) is 1. The topological polar surface area (TPSA) is 75.6 Å². The molecule has 0 aliphatic carbocycles. The summed E-state index contributed by atoms with van der Waals surface area (Å²) in [7, 11) is 1.55. The highest BCUT2D eigenvalue weighted by Crippen LogP contribution is 2.18. The molecule has 2 rings (SSSR count). The smallest absolute Gasteiger partial charge is 0.308 e. The zero-order chi connectivity index (χ0) is 18.2. The predicted octanol–water partition coefficient (Wildman–Crippen LogP) is 2.61. The Hall–Kier alpha value is -2.82. The van der Waals surface area contributed by atoms with Gasteiger partial charge in [-0.15, -0.1) is 0 Å². The molecule has 0 bridgehead atoms. The van der Waals surface area contributed by atoms with Gasteiger partial charge in [-0.2, -0.15) is 0 Å². The summed E-state index contributed by atoms with van der Waals surface area (Å²) in [4.78, 5) is 23.7. The Labute approximate surface area is 147 Å². The zero-order valence-electron chi connectivity index (χ0n) is 14.5. The molecule has 25 heavy (non-hydrogen) atoms. The summed E-state index contributed by atoms with van der Waals surface area (Å²) in [6.45, 7) is 2.05. The number of carbonyl (C=O) groups excluding carboxylic acids is 1. The number of benzene rings is 2. The molecule has 0 saturated heterocycles. The Morgan fingerprint density at radius 3 is 2.36 bits per heavy atom. The van der Waals surface area contributed by atoms with Gasteiger partial charge in [-0.1, -0.05) is 42.5 Å². The first-order valence-corrected chi connectivity index (χ1v) is 8.17. The third kappa shape index (κ3) is 5.35. The van der Waals surface area contributed by atoms with E-state index in [-0.39, 0.29) is 18.9 Å². The summed E-state index contributed by atoms with van der Waals surface area (Å²) < 4.78 is 5.23. The van der Waals surface area contributed by atoms with Crippen LogP contribution in [0.15, 0.2) is 48.5 Å². The van der Waals surface area contributed by atoms with Crippen LogP contribution in [0, 0.1) is 12.8 Å². The molecular weight excluding hydrogens is 318 g/mol. The number of methoxy groups -OCH3 is 1. The first-order chi connectivity index (χ1) is 12.0. The van der Waals surface area contributed by atoms with Crippen LogP contribution in [-0.4, -0.2) is 30.6 Å². The first kappa shape index (κ1) is 18.5. The molecule has 0 aliphatic rings. The molecule has 2 aromatic carbocycles. The van der Waals surface area contributed by atoms with Crippen molar-refractivity contribution in [3.05, 3.63) is 65.2 Å². The molecule has 0 fully saturated rings. The lowest BCUT2D eigenvalue weighted by atomic mass is 9.96. The van der Waals surface area contributed by atoms with Gasteiger partial charge >= 0.3 is 5.97 Å². The number of rotatable bonds is 8. The lowest BCUT2D eigenvalue weighted by Gasteiger charge is -2.15. The Morgan fingerprint density at radius 1 is 1.08 bits per heavy atom. The second kappa shape index (κ2) is 8.87. The fourth-order valence-electron chi connectivity index (χ4n) is 2.67. The largest absolute Gasteiger partial charge is 0.496 e. The molecule has 0 spiro atoms. The molecule has 5 heteroatoms. The van der Waals surface area contributed by atoms with Gasteiger partial charge in [0.2, 0.25) is 5.91 Å². The molecule has 0 aliphatic heterocycles. The monoisotopic (exact) mass is 341 g/mol. The van der Waals surface area contributed by atoms with E-state index in [2.05, 4.69) is 5.32 Å². The van der Waals surface area contributed by atoms with Crippen LogP contribution in [0.3, 0.4) is 0 Å². The van der Waals surface area contributed by atoms with Gasteiger partial charge in [0, 0.05) is 12.1 Å². The maximum atomic E-state index is 12.2. The minimum atomic E-state index is -0.916. The highest BCUT2D eigenvalue weighted by Gasteiger charge is 2.20. The maximum Gasteiger partial charge on any atom is 0.308 e. The van der Waals surface area contributed by atoms with Gasteiger partial charge in [0.1, 0.15) is 5.75 Å². The summed E-state index contributed by atoms with van der Waals surface area (Å²) in [5.41, 5.74) is 2.80. The molecular formula is C20H23NO4. The summed E-state index contributed by atoms with van der Waals surface area (Å²) in [6.07, 6.45) is 0.539. The lowest BCUT2D eigenvalue weighted by molar-refractivity contribution is -0.141. The highest BCUT2D eigenvalue weighted by atomic mass is 16.5. The van der Waals surface area contributed by atoms with E-state index in [1.54, 1.807) is 13.2 Å². The van der Waals surface area contributed by atoms with Gasteiger partial charge in [-0.3, -0.25) is 9.59 Å². The van der Waals surface area contributed by atoms with Crippen molar-refractivity contribution in [1.29, 1.82) is 0 Å². The molecule has 1 atom stereocenters. The molecule has 0 saturated carbocycles. The highest BCUT2D eigenvalue weighted by molar-refractivity contribution is 5.80. The van der Waals surface area contributed by atoms with Gasteiger partial charge in [0.15, 0.2) is 0 Å². The number of nitrogens with one attached hydrogen (secondary N) is 1. The van der Waals surface area contributed by atoms with E-state index in [1.165, 1.54) is 0 Å². The maximum absolute atomic E-state index is 12.2.